The van der Waals surface area contributed by atoms with E-state index in [-0.39, 0.29) is 0 Å². The number of rotatable bonds is 1. The van der Waals surface area contributed by atoms with Crippen LogP contribution in [0.15, 0.2) is 6.20 Å². The molecule has 62 valence electrons. The Balaban J connectivity index is 2.67. The van der Waals surface area contributed by atoms with Gasteiger partial charge in [0.2, 0.25) is 0 Å². The highest BCUT2D eigenvalue weighted by molar-refractivity contribution is 7.21. The average molecular weight is 180 g/mol. The topological polar surface area (TPSA) is 50.7 Å². The van der Waals surface area contributed by atoms with Crippen LogP contribution in [0.4, 0.5) is 5.13 Å². The molecular weight excluding hydrogens is 172 g/mol. The minimum Gasteiger partial charge on any atom is -0.364 e. The highest BCUT2D eigenvalue weighted by atomic mass is 32.1. The molecule has 12 heavy (non-hydrogen) atoms. The largest absolute Gasteiger partial charge is 0.364 e. The van der Waals surface area contributed by atoms with Gasteiger partial charge in [-0.2, -0.15) is 4.98 Å². The molecule has 2 rings (SSSR count). The van der Waals surface area contributed by atoms with E-state index in [0.717, 1.165) is 21.3 Å². The van der Waals surface area contributed by atoms with E-state index in [1.54, 1.807) is 6.20 Å². The Hall–Kier alpha value is -1.23. The molecule has 2 aromatic rings. The summed E-state index contributed by atoms with van der Waals surface area (Å²) in [6, 6.07) is 0. The van der Waals surface area contributed by atoms with Gasteiger partial charge in [-0.25, -0.2) is 9.97 Å². The quantitative estimate of drug-likeness (QED) is 0.721. The van der Waals surface area contributed by atoms with Crippen molar-refractivity contribution in [1.29, 1.82) is 0 Å². The second-order valence-electron chi connectivity index (χ2n) is 2.41. The lowest BCUT2D eigenvalue weighted by Crippen LogP contribution is -1.85. The third-order valence-electron chi connectivity index (χ3n) is 1.46. The predicted molar refractivity (Wildman–Crippen MR) is 49.5 cm³/mol. The molecule has 0 unspecified atom stereocenters. The Kier molecular flexibility index (Phi) is 1.65. The van der Waals surface area contributed by atoms with Crippen LogP contribution in [-0.2, 0) is 0 Å². The van der Waals surface area contributed by atoms with E-state index in [1.807, 2.05) is 14.0 Å². The standard InChI is InChI=1S/C7H8N4S/c1-4-3-9-5-6(10-4)12-7(8-2)11-5/h3H,1-2H3,(H,8,9,11). The van der Waals surface area contributed by atoms with E-state index < -0.39 is 0 Å². The third-order valence-corrected chi connectivity index (χ3v) is 2.41. The van der Waals surface area contributed by atoms with Gasteiger partial charge in [0, 0.05) is 7.05 Å². The van der Waals surface area contributed by atoms with Gasteiger partial charge >= 0.3 is 0 Å². The van der Waals surface area contributed by atoms with E-state index in [9.17, 15) is 0 Å². The molecule has 0 atom stereocenters. The minimum absolute atomic E-state index is 0.718. The molecule has 0 aromatic carbocycles. The van der Waals surface area contributed by atoms with Crippen molar-refractivity contribution in [3.63, 3.8) is 0 Å². The molecule has 0 aliphatic carbocycles. The number of hydrogen-bond donors (Lipinski definition) is 1. The highest BCUT2D eigenvalue weighted by Crippen LogP contribution is 2.21. The van der Waals surface area contributed by atoms with Crippen LogP contribution in [0.2, 0.25) is 0 Å². The fourth-order valence-electron chi connectivity index (χ4n) is 0.911. The summed E-state index contributed by atoms with van der Waals surface area (Å²) >= 11 is 1.52. The lowest BCUT2D eigenvalue weighted by Gasteiger charge is -1.86. The van der Waals surface area contributed by atoms with Crippen LogP contribution < -0.4 is 5.32 Å². The smallest absolute Gasteiger partial charge is 0.191 e. The fraction of sp³-hybridized carbons (Fsp3) is 0.286. The molecule has 0 spiro atoms. The maximum absolute atomic E-state index is 4.30. The van der Waals surface area contributed by atoms with E-state index >= 15 is 0 Å². The van der Waals surface area contributed by atoms with Gasteiger partial charge in [-0.05, 0) is 6.92 Å². The second-order valence-corrected chi connectivity index (χ2v) is 3.39. The maximum atomic E-state index is 4.30. The zero-order chi connectivity index (χ0) is 8.55. The Labute approximate surface area is 73.7 Å². The Morgan fingerprint density at radius 2 is 2.25 bits per heavy atom. The van der Waals surface area contributed by atoms with Gasteiger partial charge in [-0.15, -0.1) is 0 Å². The molecule has 5 heteroatoms. The van der Waals surface area contributed by atoms with Crippen LogP contribution >= 0.6 is 11.3 Å². The molecule has 0 saturated carbocycles. The normalized spacial score (nSPS) is 10.5. The molecule has 4 nitrogen and oxygen atoms in total. The third kappa shape index (κ3) is 1.12. The Bertz CT molecular complexity index is 409. The Morgan fingerprint density at radius 1 is 1.42 bits per heavy atom. The summed E-state index contributed by atoms with van der Waals surface area (Å²) in [6.45, 7) is 1.92. The fourth-order valence-corrected chi connectivity index (χ4v) is 1.71. The summed E-state index contributed by atoms with van der Waals surface area (Å²) in [6.07, 6.45) is 1.72. The van der Waals surface area contributed by atoms with Gasteiger partial charge < -0.3 is 5.32 Å². The number of nitrogens with zero attached hydrogens (tertiary/aromatic N) is 3. The first-order valence-electron chi connectivity index (χ1n) is 3.57. The van der Waals surface area contributed by atoms with Crippen molar-refractivity contribution >= 4 is 26.9 Å². The number of anilines is 1. The van der Waals surface area contributed by atoms with Crippen LogP contribution in [0, 0.1) is 6.92 Å². The zero-order valence-electron chi connectivity index (χ0n) is 6.83. The van der Waals surface area contributed by atoms with Gasteiger partial charge in [0.15, 0.2) is 15.6 Å². The van der Waals surface area contributed by atoms with Crippen molar-refractivity contribution in [2.24, 2.45) is 0 Å². The predicted octanol–water partition coefficient (Wildman–Crippen LogP) is 1.44. The molecule has 0 aliphatic rings. The first-order chi connectivity index (χ1) is 5.79. The van der Waals surface area contributed by atoms with Crippen LogP contribution in [0.1, 0.15) is 5.69 Å². The van der Waals surface area contributed by atoms with E-state index in [0.29, 0.717) is 0 Å². The average Bonchev–Trinajstić information content (AvgIpc) is 2.46. The molecule has 2 aromatic heterocycles. The van der Waals surface area contributed by atoms with Gasteiger partial charge in [-0.1, -0.05) is 11.3 Å². The van der Waals surface area contributed by atoms with Crippen molar-refractivity contribution in [3.8, 4) is 0 Å². The molecule has 0 saturated heterocycles. The van der Waals surface area contributed by atoms with Gasteiger partial charge in [-0.3, -0.25) is 0 Å². The number of thiazole rings is 1. The summed E-state index contributed by atoms with van der Waals surface area (Å²) in [5.41, 5.74) is 1.64. The van der Waals surface area contributed by atoms with Crippen molar-refractivity contribution < 1.29 is 0 Å². The molecule has 0 fully saturated rings. The number of nitrogens with one attached hydrogen (secondary N) is 1. The molecule has 1 N–H and O–H groups in total. The van der Waals surface area contributed by atoms with Crippen molar-refractivity contribution in [2.75, 3.05) is 12.4 Å². The van der Waals surface area contributed by atoms with Crippen molar-refractivity contribution in [2.45, 2.75) is 6.92 Å². The van der Waals surface area contributed by atoms with Crippen LogP contribution in [0.3, 0.4) is 0 Å². The summed E-state index contributed by atoms with van der Waals surface area (Å²) in [7, 11) is 1.84. The number of fused-ring (bicyclic) bond motifs is 1. The lowest BCUT2D eigenvalue weighted by atomic mass is 10.5. The van der Waals surface area contributed by atoms with E-state index in [1.165, 1.54) is 11.3 Å². The van der Waals surface area contributed by atoms with Crippen LogP contribution in [-0.4, -0.2) is 22.0 Å². The first kappa shape index (κ1) is 7.42. The monoisotopic (exact) mass is 180 g/mol. The van der Waals surface area contributed by atoms with Gasteiger partial charge in [0.1, 0.15) is 0 Å². The lowest BCUT2D eigenvalue weighted by molar-refractivity contribution is 1.18. The first-order valence-corrected chi connectivity index (χ1v) is 4.39. The minimum atomic E-state index is 0.718. The van der Waals surface area contributed by atoms with Crippen molar-refractivity contribution in [3.05, 3.63) is 11.9 Å². The molecule has 0 bridgehead atoms. The number of aromatic nitrogens is 3. The molecular formula is C7H8N4S. The highest BCUT2D eigenvalue weighted by Gasteiger charge is 2.03. The van der Waals surface area contributed by atoms with E-state index in [4.69, 9.17) is 0 Å². The summed E-state index contributed by atoms with van der Waals surface area (Å²) in [5, 5.41) is 3.82. The van der Waals surface area contributed by atoms with Gasteiger partial charge in [0.25, 0.3) is 0 Å². The van der Waals surface area contributed by atoms with Gasteiger partial charge in [0.05, 0.1) is 11.9 Å². The summed E-state index contributed by atoms with van der Waals surface area (Å²) < 4.78 is 0. The Morgan fingerprint density at radius 3 is 3.00 bits per heavy atom. The van der Waals surface area contributed by atoms with Crippen LogP contribution in [0.25, 0.3) is 10.5 Å². The van der Waals surface area contributed by atoms with Crippen LogP contribution in [0.5, 0.6) is 0 Å². The number of hydrogen-bond acceptors (Lipinski definition) is 5. The summed E-state index contributed by atoms with van der Waals surface area (Å²) in [5.74, 6) is 0. The molecule has 2 heterocycles. The molecule has 0 aliphatic heterocycles. The molecule has 0 radical (unpaired) electrons. The number of aryl methyl sites for hydroxylation is 1. The summed E-state index contributed by atoms with van der Waals surface area (Å²) in [4.78, 5) is 13.5. The SMILES string of the molecule is CNc1nc2ncc(C)nc2s1. The maximum Gasteiger partial charge on any atom is 0.191 e. The second kappa shape index (κ2) is 2.67. The van der Waals surface area contributed by atoms with Crippen molar-refractivity contribution in [1.82, 2.24) is 15.0 Å². The molecule has 0 amide bonds. The van der Waals surface area contributed by atoms with E-state index in [2.05, 4.69) is 20.3 Å². The zero-order valence-corrected chi connectivity index (χ0v) is 7.64.